The summed E-state index contributed by atoms with van der Waals surface area (Å²) in [6, 6.07) is 19.3. The molecule has 0 radical (unpaired) electrons. The van der Waals surface area contributed by atoms with Gasteiger partial charge in [-0.1, -0.05) is 35.9 Å². The van der Waals surface area contributed by atoms with E-state index in [-0.39, 0.29) is 5.91 Å². The lowest BCUT2D eigenvalue weighted by Crippen LogP contribution is -2.39. The van der Waals surface area contributed by atoms with E-state index in [9.17, 15) is 4.79 Å². The standard InChI is InChI=1S/C29H33N3O/c1-21-6-3-7-22(16-21)17-23-10-12-27(30-19-23)26-9-5-15-32(20-26)29(33)25-11-13-28-24(18-25)8-4-14-31(28)2/h3,6-7,10-13,16,18-19,26H,4-5,8-9,14-15,17,20H2,1-2H3/t26-/m1/s1. The number of carbonyl (C=O) groups excluding carboxylic acids is 1. The molecular formula is C29H33N3O. The van der Waals surface area contributed by atoms with Gasteiger partial charge < -0.3 is 9.80 Å². The summed E-state index contributed by atoms with van der Waals surface area (Å²) in [7, 11) is 2.13. The van der Waals surface area contributed by atoms with Gasteiger partial charge >= 0.3 is 0 Å². The highest BCUT2D eigenvalue weighted by atomic mass is 16.2. The first-order valence-corrected chi connectivity index (χ1v) is 12.2. The van der Waals surface area contributed by atoms with Gasteiger partial charge in [-0.05, 0) is 80.0 Å². The smallest absolute Gasteiger partial charge is 0.253 e. The number of pyridine rings is 1. The van der Waals surface area contributed by atoms with Crippen molar-refractivity contribution in [2.75, 3.05) is 31.6 Å². The zero-order valence-corrected chi connectivity index (χ0v) is 19.8. The van der Waals surface area contributed by atoms with Crippen LogP contribution < -0.4 is 4.90 Å². The highest BCUT2D eigenvalue weighted by Gasteiger charge is 2.27. The van der Waals surface area contributed by atoms with Gasteiger partial charge in [-0.15, -0.1) is 0 Å². The summed E-state index contributed by atoms with van der Waals surface area (Å²) in [5.41, 5.74) is 8.33. The number of aromatic nitrogens is 1. The van der Waals surface area contributed by atoms with Gasteiger partial charge in [0.25, 0.3) is 5.91 Å². The number of likely N-dealkylation sites (tertiary alicyclic amines) is 1. The van der Waals surface area contributed by atoms with Crippen molar-refractivity contribution in [3.63, 3.8) is 0 Å². The lowest BCUT2D eigenvalue weighted by Gasteiger charge is -2.33. The van der Waals surface area contributed by atoms with E-state index in [2.05, 4.69) is 67.4 Å². The van der Waals surface area contributed by atoms with E-state index < -0.39 is 0 Å². The molecule has 1 aromatic heterocycles. The van der Waals surface area contributed by atoms with Crippen LogP contribution in [0.4, 0.5) is 5.69 Å². The molecule has 1 fully saturated rings. The topological polar surface area (TPSA) is 36.4 Å². The third kappa shape index (κ3) is 4.80. The van der Waals surface area contributed by atoms with Crippen LogP contribution in [0, 0.1) is 6.92 Å². The Bertz CT molecular complexity index is 1140. The molecule has 2 aliphatic heterocycles. The number of piperidine rings is 1. The first-order chi connectivity index (χ1) is 16.1. The number of rotatable bonds is 4. The fourth-order valence-electron chi connectivity index (χ4n) is 5.34. The summed E-state index contributed by atoms with van der Waals surface area (Å²) < 4.78 is 0. The molecule has 1 atom stereocenters. The molecule has 5 rings (SSSR count). The first kappa shape index (κ1) is 21.7. The van der Waals surface area contributed by atoms with Crippen molar-refractivity contribution in [2.24, 2.45) is 0 Å². The van der Waals surface area contributed by atoms with E-state index in [1.54, 1.807) is 0 Å². The lowest BCUT2D eigenvalue weighted by atomic mass is 9.92. The molecule has 1 saturated heterocycles. The third-order valence-corrected chi connectivity index (χ3v) is 7.14. The summed E-state index contributed by atoms with van der Waals surface area (Å²) in [6.07, 6.45) is 7.23. The maximum absolute atomic E-state index is 13.3. The van der Waals surface area contributed by atoms with Crippen LogP contribution in [-0.4, -0.2) is 42.5 Å². The van der Waals surface area contributed by atoms with E-state index in [0.29, 0.717) is 5.92 Å². The summed E-state index contributed by atoms with van der Waals surface area (Å²) in [5, 5.41) is 0. The highest BCUT2D eigenvalue weighted by Crippen LogP contribution is 2.30. The summed E-state index contributed by atoms with van der Waals surface area (Å²) >= 11 is 0. The Hall–Kier alpha value is -3.14. The molecule has 170 valence electrons. The zero-order valence-electron chi connectivity index (χ0n) is 19.8. The minimum atomic E-state index is 0.159. The molecule has 3 heterocycles. The van der Waals surface area contributed by atoms with Crippen molar-refractivity contribution in [2.45, 2.75) is 44.9 Å². The quantitative estimate of drug-likeness (QED) is 0.547. The van der Waals surface area contributed by atoms with Gasteiger partial charge in [-0.3, -0.25) is 9.78 Å². The number of carbonyl (C=O) groups is 1. The normalized spacial score (nSPS) is 18.2. The van der Waals surface area contributed by atoms with Crippen LogP contribution >= 0.6 is 0 Å². The van der Waals surface area contributed by atoms with Crippen LogP contribution in [0.5, 0.6) is 0 Å². The largest absolute Gasteiger partial charge is 0.374 e. The number of fused-ring (bicyclic) bond motifs is 1. The molecule has 4 heteroatoms. The van der Waals surface area contributed by atoms with Crippen molar-refractivity contribution in [3.05, 3.63) is 94.3 Å². The second-order valence-electron chi connectivity index (χ2n) is 9.72. The van der Waals surface area contributed by atoms with Crippen molar-refractivity contribution in [3.8, 4) is 0 Å². The average Bonchev–Trinajstić information content (AvgIpc) is 2.84. The third-order valence-electron chi connectivity index (χ3n) is 7.14. The highest BCUT2D eigenvalue weighted by molar-refractivity contribution is 5.95. The van der Waals surface area contributed by atoms with Gasteiger partial charge in [0, 0.05) is 55.7 Å². The molecular weight excluding hydrogens is 406 g/mol. The van der Waals surface area contributed by atoms with Crippen molar-refractivity contribution in [1.82, 2.24) is 9.88 Å². The van der Waals surface area contributed by atoms with Gasteiger partial charge in [0.05, 0.1) is 0 Å². The molecule has 1 amide bonds. The van der Waals surface area contributed by atoms with Crippen LogP contribution in [0.15, 0.2) is 60.8 Å². The van der Waals surface area contributed by atoms with E-state index >= 15 is 0 Å². The Morgan fingerprint density at radius 2 is 1.94 bits per heavy atom. The van der Waals surface area contributed by atoms with Gasteiger partial charge in [-0.2, -0.15) is 0 Å². The SMILES string of the molecule is Cc1cccc(Cc2ccc([C@@H]3CCCN(C(=O)c4ccc5c(c4)CCCN5C)C3)nc2)c1. The number of anilines is 1. The lowest BCUT2D eigenvalue weighted by molar-refractivity contribution is 0.0706. The van der Waals surface area contributed by atoms with Gasteiger partial charge in [0.1, 0.15) is 0 Å². The monoisotopic (exact) mass is 439 g/mol. The maximum atomic E-state index is 13.3. The van der Waals surface area contributed by atoms with E-state index in [4.69, 9.17) is 4.98 Å². The number of nitrogens with zero attached hydrogens (tertiary/aromatic N) is 3. The molecule has 2 aliphatic rings. The Morgan fingerprint density at radius 3 is 2.76 bits per heavy atom. The average molecular weight is 440 g/mol. The van der Waals surface area contributed by atoms with Crippen LogP contribution in [0.3, 0.4) is 0 Å². The van der Waals surface area contributed by atoms with E-state index in [1.165, 1.54) is 27.9 Å². The number of hydrogen-bond donors (Lipinski definition) is 0. The number of aryl methyl sites for hydroxylation is 2. The number of benzene rings is 2. The second kappa shape index (κ2) is 9.38. The van der Waals surface area contributed by atoms with Gasteiger partial charge in [-0.25, -0.2) is 0 Å². The minimum absolute atomic E-state index is 0.159. The van der Waals surface area contributed by atoms with Crippen LogP contribution in [-0.2, 0) is 12.8 Å². The van der Waals surface area contributed by atoms with Crippen molar-refractivity contribution in [1.29, 1.82) is 0 Å². The Kier molecular flexibility index (Phi) is 6.17. The Balaban J connectivity index is 1.26. The fourth-order valence-corrected chi connectivity index (χ4v) is 5.34. The zero-order chi connectivity index (χ0) is 22.8. The molecule has 33 heavy (non-hydrogen) atoms. The molecule has 4 nitrogen and oxygen atoms in total. The second-order valence-corrected chi connectivity index (χ2v) is 9.72. The summed E-state index contributed by atoms with van der Waals surface area (Å²) in [4.78, 5) is 22.5. The van der Waals surface area contributed by atoms with Gasteiger partial charge in [0.15, 0.2) is 0 Å². The summed E-state index contributed by atoms with van der Waals surface area (Å²) in [6.45, 7) is 4.80. The van der Waals surface area contributed by atoms with Crippen molar-refractivity contribution < 1.29 is 4.79 Å². The molecule has 2 aromatic carbocycles. The molecule has 0 N–H and O–H groups in total. The first-order valence-electron chi connectivity index (χ1n) is 12.2. The fraction of sp³-hybridized carbons (Fsp3) is 0.379. The number of hydrogen-bond acceptors (Lipinski definition) is 3. The molecule has 3 aromatic rings. The predicted molar refractivity (Wildman–Crippen MR) is 134 cm³/mol. The molecule has 0 saturated carbocycles. The Morgan fingerprint density at radius 1 is 1.03 bits per heavy atom. The summed E-state index contributed by atoms with van der Waals surface area (Å²) in [5.74, 6) is 0.464. The molecule has 0 aliphatic carbocycles. The van der Waals surface area contributed by atoms with Crippen LogP contribution in [0.2, 0.25) is 0 Å². The van der Waals surface area contributed by atoms with Crippen LogP contribution in [0.25, 0.3) is 0 Å². The maximum Gasteiger partial charge on any atom is 0.253 e. The van der Waals surface area contributed by atoms with Gasteiger partial charge in [0.2, 0.25) is 0 Å². The number of amides is 1. The van der Waals surface area contributed by atoms with E-state index in [1.807, 2.05) is 17.2 Å². The Labute approximate surface area is 197 Å². The molecule has 0 bridgehead atoms. The van der Waals surface area contributed by atoms with E-state index in [0.717, 1.165) is 63.0 Å². The minimum Gasteiger partial charge on any atom is -0.374 e. The van der Waals surface area contributed by atoms with Crippen molar-refractivity contribution >= 4 is 11.6 Å². The molecule has 0 unspecified atom stereocenters. The van der Waals surface area contributed by atoms with Crippen LogP contribution in [0.1, 0.15) is 63.5 Å². The molecule has 0 spiro atoms. The predicted octanol–water partition coefficient (Wildman–Crippen LogP) is 5.38.